The molecular formula is C17H30IN3O2S. The number of benzene rings is 1. The van der Waals surface area contributed by atoms with Crippen LogP contribution in [0.25, 0.3) is 0 Å². The first-order valence-electron chi connectivity index (χ1n) is 8.00. The predicted molar refractivity (Wildman–Crippen MR) is 116 cm³/mol. The van der Waals surface area contributed by atoms with Gasteiger partial charge in [-0.15, -0.1) is 24.0 Å². The second-order valence-electron chi connectivity index (χ2n) is 5.00. The van der Waals surface area contributed by atoms with Crippen molar-refractivity contribution >= 4 is 41.7 Å². The molecule has 0 radical (unpaired) electrons. The third kappa shape index (κ3) is 10.9. The van der Waals surface area contributed by atoms with Gasteiger partial charge in [-0.25, -0.2) is 0 Å². The average Bonchev–Trinajstić information content (AvgIpc) is 2.60. The van der Waals surface area contributed by atoms with Gasteiger partial charge in [0.2, 0.25) is 0 Å². The number of guanidine groups is 1. The maximum absolute atomic E-state index is 5.69. The normalized spacial score (nSPS) is 10.7. The molecule has 0 aliphatic rings. The average molecular weight is 467 g/mol. The smallest absolute Gasteiger partial charge is 0.190 e. The van der Waals surface area contributed by atoms with Crippen molar-refractivity contribution in [3.8, 4) is 11.5 Å². The Morgan fingerprint density at radius 3 is 2.25 bits per heavy atom. The lowest BCUT2D eigenvalue weighted by Crippen LogP contribution is -2.38. The van der Waals surface area contributed by atoms with Gasteiger partial charge in [0.25, 0.3) is 0 Å². The van der Waals surface area contributed by atoms with Crippen LogP contribution in [-0.4, -0.2) is 51.8 Å². The molecule has 0 aromatic heterocycles. The summed E-state index contributed by atoms with van der Waals surface area (Å²) in [6.07, 6.45) is 5.46. The number of hydrogen-bond donors (Lipinski definition) is 2. The SMILES string of the molecule is CN=C(NCCCCSC)NCCCOc1ccc(OC)cc1.I. The molecule has 0 unspecified atom stereocenters. The molecule has 24 heavy (non-hydrogen) atoms. The fourth-order valence-electron chi connectivity index (χ4n) is 1.94. The van der Waals surface area contributed by atoms with E-state index in [-0.39, 0.29) is 24.0 Å². The summed E-state index contributed by atoms with van der Waals surface area (Å²) in [6, 6.07) is 7.63. The summed E-state index contributed by atoms with van der Waals surface area (Å²) in [7, 11) is 3.45. The van der Waals surface area contributed by atoms with E-state index in [0.29, 0.717) is 6.61 Å². The number of halogens is 1. The summed E-state index contributed by atoms with van der Waals surface area (Å²) in [5.41, 5.74) is 0. The van der Waals surface area contributed by atoms with Crippen LogP contribution in [0.15, 0.2) is 29.3 Å². The van der Waals surface area contributed by atoms with Crippen LogP contribution in [0.3, 0.4) is 0 Å². The number of nitrogens with zero attached hydrogens (tertiary/aromatic N) is 1. The Labute approximate surface area is 167 Å². The molecule has 0 heterocycles. The molecule has 0 saturated heterocycles. The zero-order valence-corrected chi connectivity index (χ0v) is 18.0. The van der Waals surface area contributed by atoms with Crippen LogP contribution >= 0.6 is 35.7 Å². The summed E-state index contributed by atoms with van der Waals surface area (Å²) in [5.74, 6) is 3.78. The second-order valence-corrected chi connectivity index (χ2v) is 5.99. The van der Waals surface area contributed by atoms with Gasteiger partial charge in [-0.2, -0.15) is 11.8 Å². The van der Waals surface area contributed by atoms with Gasteiger partial charge in [0.1, 0.15) is 11.5 Å². The van der Waals surface area contributed by atoms with Crippen molar-refractivity contribution in [2.24, 2.45) is 4.99 Å². The Bertz CT molecular complexity index is 444. The quantitative estimate of drug-likeness (QED) is 0.226. The van der Waals surface area contributed by atoms with Crippen molar-refractivity contribution in [2.45, 2.75) is 19.3 Å². The van der Waals surface area contributed by atoms with Gasteiger partial charge in [-0.3, -0.25) is 4.99 Å². The van der Waals surface area contributed by atoms with E-state index in [1.165, 1.54) is 18.6 Å². The molecule has 0 bridgehead atoms. The second kappa shape index (κ2) is 15.7. The van der Waals surface area contributed by atoms with Crippen LogP contribution in [0, 0.1) is 0 Å². The van der Waals surface area contributed by atoms with Crippen LogP contribution in [0.5, 0.6) is 11.5 Å². The van der Waals surface area contributed by atoms with Gasteiger partial charge in [-0.05, 0) is 55.5 Å². The molecule has 0 aliphatic carbocycles. The molecule has 138 valence electrons. The standard InChI is InChI=1S/C17H29N3O2S.HI/c1-18-17(19-11-4-5-14-23-3)20-12-6-13-22-16-9-7-15(21-2)8-10-16;/h7-10H,4-6,11-14H2,1-3H3,(H2,18,19,20);1H. The molecule has 2 N–H and O–H groups in total. The van der Waals surface area contributed by atoms with Crippen molar-refractivity contribution in [1.29, 1.82) is 0 Å². The summed E-state index contributed by atoms with van der Waals surface area (Å²) in [6.45, 7) is 2.47. The Hall–Kier alpha value is -0.830. The summed E-state index contributed by atoms with van der Waals surface area (Å²) >= 11 is 1.89. The minimum Gasteiger partial charge on any atom is -0.497 e. The van der Waals surface area contributed by atoms with E-state index in [4.69, 9.17) is 9.47 Å². The van der Waals surface area contributed by atoms with E-state index >= 15 is 0 Å². The molecule has 1 aromatic rings. The first-order valence-corrected chi connectivity index (χ1v) is 9.40. The maximum Gasteiger partial charge on any atom is 0.190 e. The molecule has 0 spiro atoms. The highest BCUT2D eigenvalue weighted by molar-refractivity contribution is 14.0. The van der Waals surface area contributed by atoms with Crippen molar-refractivity contribution in [2.75, 3.05) is 45.9 Å². The highest BCUT2D eigenvalue weighted by Gasteiger charge is 1.98. The molecule has 0 aliphatic heterocycles. The number of thioether (sulfide) groups is 1. The molecule has 1 rings (SSSR count). The van der Waals surface area contributed by atoms with Crippen LogP contribution in [-0.2, 0) is 0 Å². The third-order valence-corrected chi connectivity index (χ3v) is 3.93. The van der Waals surface area contributed by atoms with Crippen molar-refractivity contribution in [1.82, 2.24) is 10.6 Å². The highest BCUT2D eigenvalue weighted by atomic mass is 127. The summed E-state index contributed by atoms with van der Waals surface area (Å²) < 4.78 is 10.8. The van der Waals surface area contributed by atoms with E-state index in [1.54, 1.807) is 14.2 Å². The molecule has 5 nitrogen and oxygen atoms in total. The molecule has 0 atom stereocenters. The van der Waals surface area contributed by atoms with Gasteiger partial charge >= 0.3 is 0 Å². The van der Waals surface area contributed by atoms with E-state index < -0.39 is 0 Å². The number of hydrogen-bond acceptors (Lipinski definition) is 4. The van der Waals surface area contributed by atoms with E-state index in [0.717, 1.165) is 37.0 Å². The Kier molecular flexibility index (Phi) is 15.1. The van der Waals surface area contributed by atoms with E-state index in [1.807, 2.05) is 36.0 Å². The van der Waals surface area contributed by atoms with Crippen molar-refractivity contribution < 1.29 is 9.47 Å². The van der Waals surface area contributed by atoms with Crippen LogP contribution in [0.2, 0.25) is 0 Å². The number of rotatable bonds is 11. The number of unbranched alkanes of at least 4 members (excludes halogenated alkanes) is 1. The minimum atomic E-state index is 0. The lowest BCUT2D eigenvalue weighted by atomic mass is 10.3. The Morgan fingerprint density at radius 1 is 1.04 bits per heavy atom. The zero-order valence-electron chi connectivity index (χ0n) is 14.8. The maximum atomic E-state index is 5.69. The van der Waals surface area contributed by atoms with Gasteiger partial charge in [-0.1, -0.05) is 0 Å². The van der Waals surface area contributed by atoms with Crippen LogP contribution in [0.4, 0.5) is 0 Å². The molecule has 7 heteroatoms. The summed E-state index contributed by atoms with van der Waals surface area (Å²) in [4.78, 5) is 4.22. The topological polar surface area (TPSA) is 54.9 Å². The van der Waals surface area contributed by atoms with Gasteiger partial charge in [0.15, 0.2) is 5.96 Å². The van der Waals surface area contributed by atoms with E-state index in [9.17, 15) is 0 Å². The summed E-state index contributed by atoms with van der Waals surface area (Å²) in [5, 5.41) is 6.62. The van der Waals surface area contributed by atoms with Gasteiger partial charge < -0.3 is 20.1 Å². The molecule has 1 aromatic carbocycles. The Balaban J connectivity index is 0.00000529. The van der Waals surface area contributed by atoms with Crippen molar-refractivity contribution in [3.05, 3.63) is 24.3 Å². The lowest BCUT2D eigenvalue weighted by Gasteiger charge is -2.12. The first kappa shape index (κ1) is 23.2. The number of nitrogens with one attached hydrogen (secondary N) is 2. The minimum absolute atomic E-state index is 0. The first-order chi connectivity index (χ1) is 11.3. The lowest BCUT2D eigenvalue weighted by molar-refractivity contribution is 0.310. The largest absolute Gasteiger partial charge is 0.497 e. The number of methoxy groups -OCH3 is 1. The molecular weight excluding hydrogens is 437 g/mol. The third-order valence-electron chi connectivity index (χ3n) is 3.23. The number of aliphatic imine (C=N–C) groups is 1. The molecule has 0 amide bonds. The predicted octanol–water partition coefficient (Wildman–Crippen LogP) is 3.39. The van der Waals surface area contributed by atoms with E-state index in [2.05, 4.69) is 21.9 Å². The number of ether oxygens (including phenoxy) is 2. The van der Waals surface area contributed by atoms with Crippen molar-refractivity contribution in [3.63, 3.8) is 0 Å². The van der Waals surface area contributed by atoms with Gasteiger partial charge in [0, 0.05) is 20.1 Å². The highest BCUT2D eigenvalue weighted by Crippen LogP contribution is 2.16. The Morgan fingerprint density at radius 2 is 1.67 bits per heavy atom. The van der Waals surface area contributed by atoms with Crippen LogP contribution in [0.1, 0.15) is 19.3 Å². The van der Waals surface area contributed by atoms with Crippen LogP contribution < -0.4 is 20.1 Å². The molecule has 0 fully saturated rings. The fraction of sp³-hybridized carbons (Fsp3) is 0.588. The monoisotopic (exact) mass is 467 g/mol. The zero-order chi connectivity index (χ0) is 16.8. The van der Waals surface area contributed by atoms with Gasteiger partial charge in [0.05, 0.1) is 13.7 Å². The molecule has 0 saturated carbocycles. The fourth-order valence-corrected chi connectivity index (χ4v) is 2.43.